The number of carbonyl (C=O) groups is 1. The van der Waals surface area contributed by atoms with Gasteiger partial charge >= 0.3 is 0 Å². The first-order valence-electron chi connectivity index (χ1n) is 5.43. The first kappa shape index (κ1) is 11.3. The molecule has 3 nitrogen and oxygen atoms in total. The molecule has 0 aliphatic carbocycles. The Morgan fingerprint density at radius 2 is 2.35 bits per heavy atom. The molecule has 17 heavy (non-hydrogen) atoms. The third-order valence-electron chi connectivity index (χ3n) is 2.71. The zero-order valence-electron chi connectivity index (χ0n) is 9.76. The zero-order chi connectivity index (χ0) is 12.3. The summed E-state index contributed by atoms with van der Waals surface area (Å²) in [7, 11) is 0. The van der Waals surface area contributed by atoms with Gasteiger partial charge in [-0.1, -0.05) is 12.7 Å². The Morgan fingerprint density at radius 1 is 1.53 bits per heavy atom. The van der Waals surface area contributed by atoms with Gasteiger partial charge in [0.1, 0.15) is 0 Å². The molecule has 1 aliphatic heterocycles. The minimum atomic E-state index is 0.0404. The van der Waals surface area contributed by atoms with Crippen LogP contribution in [0, 0.1) is 0 Å². The average Bonchev–Trinajstić information content (AvgIpc) is 2.36. The SMILES string of the molecule is C=C1C(C)=CC=CN1CC(=O)c1cccnc1. The van der Waals surface area contributed by atoms with E-state index in [1.54, 1.807) is 24.5 Å². The van der Waals surface area contributed by atoms with E-state index in [1.165, 1.54) is 0 Å². The lowest BCUT2D eigenvalue weighted by molar-refractivity contribution is 0.0966. The van der Waals surface area contributed by atoms with Crippen molar-refractivity contribution in [2.75, 3.05) is 6.54 Å². The van der Waals surface area contributed by atoms with Crippen molar-refractivity contribution >= 4 is 5.78 Å². The average molecular weight is 226 g/mol. The number of carbonyl (C=O) groups excluding carboxylic acids is 1. The van der Waals surface area contributed by atoms with E-state index < -0.39 is 0 Å². The molecule has 0 fully saturated rings. The Balaban J connectivity index is 2.08. The summed E-state index contributed by atoms with van der Waals surface area (Å²) in [6.45, 7) is 6.24. The minimum absolute atomic E-state index is 0.0404. The van der Waals surface area contributed by atoms with Crippen LogP contribution in [0.5, 0.6) is 0 Å². The van der Waals surface area contributed by atoms with E-state index in [-0.39, 0.29) is 5.78 Å². The summed E-state index contributed by atoms with van der Waals surface area (Å²) in [4.78, 5) is 17.8. The molecule has 2 heterocycles. The number of rotatable bonds is 3. The van der Waals surface area contributed by atoms with Gasteiger partial charge in [-0.2, -0.15) is 0 Å². The van der Waals surface area contributed by atoms with Gasteiger partial charge in [0.05, 0.1) is 6.54 Å². The predicted octanol–water partition coefficient (Wildman–Crippen LogP) is 2.55. The molecule has 0 saturated carbocycles. The van der Waals surface area contributed by atoms with Crippen molar-refractivity contribution < 1.29 is 4.79 Å². The van der Waals surface area contributed by atoms with Gasteiger partial charge in [0.2, 0.25) is 0 Å². The number of pyridine rings is 1. The fourth-order valence-electron chi connectivity index (χ4n) is 1.63. The summed E-state index contributed by atoms with van der Waals surface area (Å²) in [5.41, 5.74) is 2.57. The van der Waals surface area contributed by atoms with Gasteiger partial charge in [0.25, 0.3) is 0 Å². The Labute approximate surface area is 101 Å². The lowest BCUT2D eigenvalue weighted by atomic mass is 10.1. The Hall–Kier alpha value is -2.16. The number of hydrogen-bond acceptors (Lipinski definition) is 3. The van der Waals surface area contributed by atoms with Crippen molar-refractivity contribution in [2.45, 2.75) is 6.92 Å². The molecular formula is C14H14N2O. The number of ketones is 1. The van der Waals surface area contributed by atoms with Gasteiger partial charge < -0.3 is 4.90 Å². The second-order valence-corrected chi connectivity index (χ2v) is 3.93. The molecule has 0 amide bonds. The predicted molar refractivity (Wildman–Crippen MR) is 67.3 cm³/mol. The molecule has 0 aromatic carbocycles. The van der Waals surface area contributed by atoms with E-state index in [9.17, 15) is 4.79 Å². The maximum atomic E-state index is 12.0. The molecule has 0 N–H and O–H groups in total. The second-order valence-electron chi connectivity index (χ2n) is 3.93. The molecule has 0 bridgehead atoms. The van der Waals surface area contributed by atoms with Crippen LogP contribution in [-0.2, 0) is 0 Å². The molecule has 0 spiro atoms. The lowest BCUT2D eigenvalue weighted by Gasteiger charge is -2.24. The quantitative estimate of drug-likeness (QED) is 0.743. The van der Waals surface area contributed by atoms with Crippen LogP contribution in [0.25, 0.3) is 0 Å². The van der Waals surface area contributed by atoms with E-state index in [4.69, 9.17) is 0 Å². The number of Topliss-reactive ketones (excluding diaryl/α,β-unsaturated/α-hetero) is 1. The third kappa shape index (κ3) is 2.50. The first-order valence-corrected chi connectivity index (χ1v) is 5.43. The largest absolute Gasteiger partial charge is 0.340 e. The van der Waals surface area contributed by atoms with Gasteiger partial charge in [-0.15, -0.1) is 0 Å². The summed E-state index contributed by atoms with van der Waals surface area (Å²) in [5, 5.41) is 0. The molecule has 1 aliphatic rings. The van der Waals surface area contributed by atoms with Crippen molar-refractivity contribution in [2.24, 2.45) is 0 Å². The minimum Gasteiger partial charge on any atom is -0.340 e. The number of nitrogens with zero attached hydrogens (tertiary/aromatic N) is 2. The van der Waals surface area contributed by atoms with Gasteiger partial charge in [0.15, 0.2) is 5.78 Å². The molecule has 3 heteroatoms. The van der Waals surface area contributed by atoms with Gasteiger partial charge in [-0.05, 0) is 30.7 Å². The Kier molecular flexibility index (Phi) is 3.19. The molecule has 0 saturated heterocycles. The van der Waals surface area contributed by atoms with Gasteiger partial charge in [0, 0.05) is 29.9 Å². The monoisotopic (exact) mass is 226 g/mol. The Bertz CT molecular complexity index is 500. The normalized spacial score (nSPS) is 14.8. The maximum absolute atomic E-state index is 12.0. The van der Waals surface area contributed by atoms with E-state index in [2.05, 4.69) is 11.6 Å². The molecule has 0 radical (unpaired) electrons. The summed E-state index contributed by atoms with van der Waals surface area (Å²) in [6.07, 6.45) is 9.00. The fourth-order valence-corrected chi connectivity index (χ4v) is 1.63. The molecule has 0 unspecified atom stereocenters. The fraction of sp³-hybridized carbons (Fsp3) is 0.143. The van der Waals surface area contributed by atoms with E-state index in [0.717, 1.165) is 11.3 Å². The van der Waals surface area contributed by atoms with Crippen molar-refractivity contribution in [1.82, 2.24) is 9.88 Å². The zero-order valence-corrected chi connectivity index (χ0v) is 9.76. The van der Waals surface area contributed by atoms with E-state index in [0.29, 0.717) is 12.1 Å². The molecule has 86 valence electrons. The number of hydrogen-bond donors (Lipinski definition) is 0. The summed E-state index contributed by atoms with van der Waals surface area (Å²) >= 11 is 0. The third-order valence-corrected chi connectivity index (χ3v) is 2.71. The molecule has 1 aromatic rings. The van der Waals surface area contributed by atoms with Crippen LogP contribution in [0.3, 0.4) is 0 Å². The maximum Gasteiger partial charge on any atom is 0.184 e. The standard InChI is InChI=1S/C14H14N2O/c1-11-5-4-8-16(12(11)2)10-14(17)13-6-3-7-15-9-13/h3-9H,2,10H2,1H3. The highest BCUT2D eigenvalue weighted by atomic mass is 16.1. The number of aromatic nitrogens is 1. The highest BCUT2D eigenvalue weighted by molar-refractivity contribution is 5.97. The highest BCUT2D eigenvalue weighted by Crippen LogP contribution is 2.18. The van der Waals surface area contributed by atoms with Crippen molar-refractivity contribution in [3.05, 3.63) is 66.3 Å². The topological polar surface area (TPSA) is 33.2 Å². The second kappa shape index (κ2) is 4.78. The van der Waals surface area contributed by atoms with Crippen LogP contribution in [0.2, 0.25) is 0 Å². The lowest BCUT2D eigenvalue weighted by Crippen LogP contribution is -2.26. The van der Waals surface area contributed by atoms with Crippen LogP contribution in [-0.4, -0.2) is 22.2 Å². The highest BCUT2D eigenvalue weighted by Gasteiger charge is 2.14. The summed E-state index contributed by atoms with van der Waals surface area (Å²) in [5.74, 6) is 0.0404. The smallest absolute Gasteiger partial charge is 0.184 e. The number of allylic oxidation sites excluding steroid dienone is 3. The van der Waals surface area contributed by atoms with Gasteiger partial charge in [-0.3, -0.25) is 9.78 Å². The van der Waals surface area contributed by atoms with Crippen LogP contribution in [0.1, 0.15) is 17.3 Å². The van der Waals surface area contributed by atoms with Crippen LogP contribution in [0.4, 0.5) is 0 Å². The van der Waals surface area contributed by atoms with Crippen LogP contribution < -0.4 is 0 Å². The summed E-state index contributed by atoms with van der Waals surface area (Å²) < 4.78 is 0. The molecule has 1 aromatic heterocycles. The van der Waals surface area contributed by atoms with Crippen LogP contribution in [0.15, 0.2) is 60.7 Å². The van der Waals surface area contributed by atoms with Crippen molar-refractivity contribution in [3.8, 4) is 0 Å². The Morgan fingerprint density at radius 3 is 3.06 bits per heavy atom. The summed E-state index contributed by atoms with van der Waals surface area (Å²) in [6, 6.07) is 3.54. The molecular weight excluding hydrogens is 212 g/mol. The van der Waals surface area contributed by atoms with Crippen molar-refractivity contribution in [1.29, 1.82) is 0 Å². The molecule has 0 atom stereocenters. The van der Waals surface area contributed by atoms with E-state index >= 15 is 0 Å². The van der Waals surface area contributed by atoms with Crippen LogP contribution >= 0.6 is 0 Å². The van der Waals surface area contributed by atoms with Crippen molar-refractivity contribution in [3.63, 3.8) is 0 Å². The van der Waals surface area contributed by atoms with E-state index in [1.807, 2.05) is 30.2 Å². The molecule has 2 rings (SSSR count). The van der Waals surface area contributed by atoms with Gasteiger partial charge in [-0.25, -0.2) is 0 Å². The first-order chi connectivity index (χ1) is 8.18.